The highest BCUT2D eigenvalue weighted by molar-refractivity contribution is 7.91. The number of nitrogens with zero attached hydrogens (tertiary/aromatic N) is 2. The molecule has 0 atom stereocenters. The SMILES string of the molecule is C=C(C)CN(CC)C(=O)C1CCN(S(=O)(=O)c2cccs2)CC1. The zero-order chi connectivity index (χ0) is 17.0. The fourth-order valence-corrected chi connectivity index (χ4v) is 5.42. The van der Waals surface area contributed by atoms with Crippen molar-refractivity contribution < 1.29 is 13.2 Å². The summed E-state index contributed by atoms with van der Waals surface area (Å²) in [5, 5.41) is 1.76. The number of sulfonamides is 1. The van der Waals surface area contributed by atoms with E-state index in [-0.39, 0.29) is 11.8 Å². The number of rotatable bonds is 6. The smallest absolute Gasteiger partial charge is 0.252 e. The summed E-state index contributed by atoms with van der Waals surface area (Å²) in [7, 11) is -3.40. The van der Waals surface area contributed by atoms with Crippen LogP contribution in [-0.2, 0) is 14.8 Å². The van der Waals surface area contributed by atoms with Crippen LogP contribution in [0.1, 0.15) is 26.7 Å². The fourth-order valence-electron chi connectivity index (χ4n) is 2.81. The summed E-state index contributed by atoms with van der Waals surface area (Å²) in [5.74, 6) is 0.0211. The normalized spacial score (nSPS) is 17.1. The van der Waals surface area contributed by atoms with Gasteiger partial charge in [0.25, 0.3) is 10.0 Å². The average Bonchev–Trinajstić information content (AvgIpc) is 3.07. The van der Waals surface area contributed by atoms with Crippen molar-refractivity contribution in [2.24, 2.45) is 5.92 Å². The van der Waals surface area contributed by atoms with Crippen LogP contribution in [0, 0.1) is 5.92 Å². The third-order valence-corrected chi connectivity index (χ3v) is 7.32. The van der Waals surface area contributed by atoms with E-state index < -0.39 is 10.0 Å². The molecule has 0 unspecified atom stereocenters. The van der Waals surface area contributed by atoms with Gasteiger partial charge in [-0.05, 0) is 38.1 Å². The topological polar surface area (TPSA) is 57.7 Å². The Labute approximate surface area is 142 Å². The van der Waals surface area contributed by atoms with Gasteiger partial charge in [-0.25, -0.2) is 8.42 Å². The Morgan fingerprint density at radius 2 is 2.09 bits per heavy atom. The lowest BCUT2D eigenvalue weighted by atomic mass is 9.96. The van der Waals surface area contributed by atoms with Crippen molar-refractivity contribution in [3.8, 4) is 0 Å². The summed E-state index contributed by atoms with van der Waals surface area (Å²) in [6.07, 6.45) is 1.16. The predicted octanol–water partition coefficient (Wildman–Crippen LogP) is 2.57. The minimum Gasteiger partial charge on any atom is -0.339 e. The van der Waals surface area contributed by atoms with Crippen molar-refractivity contribution in [2.45, 2.75) is 30.9 Å². The molecule has 1 aromatic rings. The van der Waals surface area contributed by atoms with Crippen LogP contribution >= 0.6 is 11.3 Å². The van der Waals surface area contributed by atoms with Crippen LogP contribution < -0.4 is 0 Å². The third kappa shape index (κ3) is 4.22. The zero-order valence-electron chi connectivity index (χ0n) is 13.7. The molecule has 2 rings (SSSR count). The molecule has 23 heavy (non-hydrogen) atoms. The molecule has 1 aromatic heterocycles. The Morgan fingerprint density at radius 1 is 1.43 bits per heavy atom. The van der Waals surface area contributed by atoms with Crippen molar-refractivity contribution in [3.63, 3.8) is 0 Å². The summed E-state index contributed by atoms with van der Waals surface area (Å²) < 4.78 is 26.9. The van der Waals surface area contributed by atoms with Gasteiger partial charge in [0.1, 0.15) is 4.21 Å². The van der Waals surface area contributed by atoms with Crippen molar-refractivity contribution in [1.82, 2.24) is 9.21 Å². The second-order valence-corrected chi connectivity index (χ2v) is 9.03. The first-order valence-electron chi connectivity index (χ1n) is 7.83. The molecule has 0 aliphatic carbocycles. The van der Waals surface area contributed by atoms with Gasteiger partial charge in [0.15, 0.2) is 0 Å². The van der Waals surface area contributed by atoms with E-state index in [9.17, 15) is 13.2 Å². The monoisotopic (exact) mass is 356 g/mol. The molecule has 1 saturated heterocycles. The quantitative estimate of drug-likeness (QED) is 0.736. The van der Waals surface area contributed by atoms with Crippen LogP contribution in [0.5, 0.6) is 0 Å². The maximum absolute atomic E-state index is 12.6. The van der Waals surface area contributed by atoms with Crippen LogP contribution in [0.2, 0.25) is 0 Å². The number of thiophene rings is 1. The highest BCUT2D eigenvalue weighted by atomic mass is 32.2. The molecule has 0 saturated carbocycles. The van der Waals surface area contributed by atoms with Gasteiger partial charge in [-0.2, -0.15) is 4.31 Å². The fraction of sp³-hybridized carbons (Fsp3) is 0.562. The van der Waals surface area contributed by atoms with E-state index in [2.05, 4.69) is 6.58 Å². The van der Waals surface area contributed by atoms with E-state index in [1.54, 1.807) is 22.4 Å². The van der Waals surface area contributed by atoms with E-state index in [0.717, 1.165) is 5.57 Å². The standard InChI is InChI=1S/C16H24N2O3S2/c1-4-17(12-13(2)3)16(19)14-7-9-18(10-8-14)23(20,21)15-6-5-11-22-15/h5-6,11,14H,2,4,7-10,12H2,1,3H3. The minimum atomic E-state index is -3.40. The summed E-state index contributed by atoms with van der Waals surface area (Å²) in [5.41, 5.74) is 0.956. The summed E-state index contributed by atoms with van der Waals surface area (Å²) in [6, 6.07) is 3.37. The lowest BCUT2D eigenvalue weighted by Crippen LogP contribution is -2.44. The lowest BCUT2D eigenvalue weighted by molar-refractivity contribution is -0.136. The Balaban J connectivity index is 1.98. The van der Waals surface area contributed by atoms with Gasteiger partial charge < -0.3 is 4.90 Å². The molecule has 1 aliphatic heterocycles. The maximum Gasteiger partial charge on any atom is 0.252 e. The number of hydrogen-bond acceptors (Lipinski definition) is 4. The van der Waals surface area contributed by atoms with Crippen molar-refractivity contribution in [2.75, 3.05) is 26.2 Å². The number of hydrogen-bond donors (Lipinski definition) is 0. The molecular formula is C16H24N2O3S2. The van der Waals surface area contributed by atoms with Crippen molar-refractivity contribution in [3.05, 3.63) is 29.7 Å². The van der Waals surface area contributed by atoms with Crippen LogP contribution in [0.15, 0.2) is 33.9 Å². The predicted molar refractivity (Wildman–Crippen MR) is 92.9 cm³/mol. The van der Waals surface area contributed by atoms with E-state index in [1.165, 1.54) is 15.6 Å². The Bertz CT molecular complexity index is 645. The number of piperidine rings is 1. The van der Waals surface area contributed by atoms with Gasteiger partial charge in [-0.3, -0.25) is 4.79 Å². The number of amides is 1. The average molecular weight is 357 g/mol. The van der Waals surface area contributed by atoms with Gasteiger partial charge in [-0.1, -0.05) is 18.2 Å². The molecule has 1 amide bonds. The third-order valence-electron chi connectivity index (χ3n) is 4.05. The van der Waals surface area contributed by atoms with Crippen LogP contribution in [-0.4, -0.2) is 49.7 Å². The van der Waals surface area contributed by atoms with Gasteiger partial charge >= 0.3 is 0 Å². The molecule has 0 spiro atoms. The second kappa shape index (κ2) is 7.59. The molecule has 7 heteroatoms. The van der Waals surface area contributed by atoms with Crippen LogP contribution in [0.25, 0.3) is 0 Å². The molecule has 1 aliphatic rings. The maximum atomic E-state index is 12.6. The minimum absolute atomic E-state index is 0.0934. The van der Waals surface area contributed by atoms with Gasteiger partial charge in [-0.15, -0.1) is 11.3 Å². The first kappa shape index (κ1) is 18.2. The number of carbonyl (C=O) groups excluding carboxylic acids is 1. The summed E-state index contributed by atoms with van der Waals surface area (Å²) >= 11 is 1.23. The Hall–Kier alpha value is -1.18. The molecule has 0 aromatic carbocycles. The highest BCUT2D eigenvalue weighted by Gasteiger charge is 2.33. The van der Waals surface area contributed by atoms with Crippen molar-refractivity contribution >= 4 is 27.3 Å². The first-order valence-corrected chi connectivity index (χ1v) is 10.1. The molecule has 0 bridgehead atoms. The largest absolute Gasteiger partial charge is 0.339 e. The van der Waals surface area contributed by atoms with Gasteiger partial charge in [0, 0.05) is 32.1 Å². The number of likely N-dealkylation sites (N-methyl/N-ethyl adjacent to an activating group) is 1. The molecular weight excluding hydrogens is 332 g/mol. The van der Waals surface area contributed by atoms with E-state index in [1.807, 2.05) is 13.8 Å². The molecule has 1 fully saturated rings. The number of carbonyl (C=O) groups is 1. The van der Waals surface area contributed by atoms with Crippen LogP contribution in [0.4, 0.5) is 0 Å². The molecule has 0 N–H and O–H groups in total. The van der Waals surface area contributed by atoms with Gasteiger partial charge in [0.2, 0.25) is 5.91 Å². The Kier molecular flexibility index (Phi) is 6.00. The summed E-state index contributed by atoms with van der Waals surface area (Å²) in [6.45, 7) is 9.76. The zero-order valence-corrected chi connectivity index (χ0v) is 15.3. The molecule has 128 valence electrons. The molecule has 2 heterocycles. The lowest BCUT2D eigenvalue weighted by Gasteiger charge is -2.33. The van der Waals surface area contributed by atoms with E-state index in [4.69, 9.17) is 0 Å². The molecule has 0 radical (unpaired) electrons. The summed E-state index contributed by atoms with van der Waals surface area (Å²) in [4.78, 5) is 14.4. The van der Waals surface area contributed by atoms with E-state index >= 15 is 0 Å². The second-order valence-electron chi connectivity index (χ2n) is 5.92. The first-order chi connectivity index (χ1) is 10.9. The highest BCUT2D eigenvalue weighted by Crippen LogP contribution is 2.27. The van der Waals surface area contributed by atoms with Crippen LogP contribution in [0.3, 0.4) is 0 Å². The molecule has 5 nitrogen and oxygen atoms in total. The van der Waals surface area contributed by atoms with E-state index in [0.29, 0.717) is 43.2 Å². The van der Waals surface area contributed by atoms with Crippen molar-refractivity contribution in [1.29, 1.82) is 0 Å². The van der Waals surface area contributed by atoms with Gasteiger partial charge in [0.05, 0.1) is 0 Å². The Morgan fingerprint density at radius 3 is 2.57 bits per heavy atom.